The fraction of sp³-hybridized carbons (Fsp3) is 0.120. The van der Waals surface area contributed by atoms with Gasteiger partial charge in [0.25, 0.3) is 5.91 Å². The quantitative estimate of drug-likeness (QED) is 0.240. The molecular formula is C25H22ClFN4O5. The second kappa shape index (κ2) is 12.3. The maximum Gasteiger partial charge on any atom is 0.329 e. The molecule has 0 fully saturated rings. The lowest BCUT2D eigenvalue weighted by Crippen LogP contribution is -2.32. The fourth-order valence-corrected chi connectivity index (χ4v) is 3.09. The highest BCUT2D eigenvalue weighted by atomic mass is 35.5. The molecule has 3 aromatic carbocycles. The molecule has 0 aliphatic heterocycles. The van der Waals surface area contributed by atoms with Gasteiger partial charge < -0.3 is 20.1 Å². The number of nitrogens with one attached hydrogen (secondary N) is 3. The minimum Gasteiger partial charge on any atom is -0.493 e. The smallest absolute Gasteiger partial charge is 0.329 e. The number of hydrogen-bond donors (Lipinski definition) is 3. The Bertz CT molecular complexity index is 1320. The van der Waals surface area contributed by atoms with E-state index in [0.29, 0.717) is 27.8 Å². The molecule has 0 spiro atoms. The van der Waals surface area contributed by atoms with E-state index in [2.05, 4.69) is 21.2 Å². The number of rotatable bonds is 8. The van der Waals surface area contributed by atoms with E-state index in [0.717, 1.165) is 11.6 Å². The summed E-state index contributed by atoms with van der Waals surface area (Å²) in [5.41, 5.74) is 3.76. The first kappa shape index (κ1) is 26.2. The number of carbonyl (C=O) groups is 3. The van der Waals surface area contributed by atoms with Crippen molar-refractivity contribution in [3.8, 4) is 11.5 Å². The van der Waals surface area contributed by atoms with Gasteiger partial charge in [-0.15, -0.1) is 0 Å². The van der Waals surface area contributed by atoms with Crippen LogP contribution in [-0.2, 0) is 14.4 Å². The Hall–Kier alpha value is -4.44. The number of carbonyl (C=O) groups excluding carboxylic acids is 3. The van der Waals surface area contributed by atoms with E-state index >= 15 is 0 Å². The first-order valence-corrected chi connectivity index (χ1v) is 10.9. The van der Waals surface area contributed by atoms with Crippen LogP contribution in [0.25, 0.3) is 0 Å². The minimum atomic E-state index is -1.08. The number of anilines is 2. The lowest BCUT2D eigenvalue weighted by atomic mass is 10.2. The molecule has 3 N–H and O–H groups in total. The standard InChI is InChI=1S/C25H22ClFN4O5/c1-15-17(26)6-5-9-19(15)29-23(32)14-36-21-11-10-16(12-22(21)35-2)13-28-31-25(34)24(33)30-20-8-4-3-7-18(20)27/h3-13H,14H2,1-2H3,(H,29,32)(H,30,33)(H,31,34)/b28-13-. The van der Waals surface area contributed by atoms with Crippen LogP contribution in [-0.4, -0.2) is 37.7 Å². The van der Waals surface area contributed by atoms with E-state index < -0.39 is 17.6 Å². The van der Waals surface area contributed by atoms with E-state index in [1.165, 1.54) is 31.5 Å². The van der Waals surface area contributed by atoms with Crippen molar-refractivity contribution in [1.82, 2.24) is 5.43 Å². The summed E-state index contributed by atoms with van der Waals surface area (Å²) < 4.78 is 24.4. The van der Waals surface area contributed by atoms with Gasteiger partial charge >= 0.3 is 11.8 Å². The third-order valence-electron chi connectivity index (χ3n) is 4.80. The van der Waals surface area contributed by atoms with Gasteiger partial charge in [0.05, 0.1) is 19.0 Å². The van der Waals surface area contributed by atoms with Crippen molar-refractivity contribution >= 4 is 46.9 Å². The molecule has 3 aromatic rings. The molecule has 0 unspecified atom stereocenters. The molecule has 9 nitrogen and oxygen atoms in total. The maximum atomic E-state index is 13.6. The van der Waals surface area contributed by atoms with Crippen LogP contribution in [0.2, 0.25) is 5.02 Å². The van der Waals surface area contributed by atoms with Gasteiger partial charge in [-0.25, -0.2) is 9.82 Å². The molecule has 0 atom stereocenters. The zero-order valence-electron chi connectivity index (χ0n) is 19.3. The van der Waals surface area contributed by atoms with Crippen molar-refractivity contribution in [2.24, 2.45) is 5.10 Å². The van der Waals surface area contributed by atoms with E-state index in [-0.39, 0.29) is 18.2 Å². The lowest BCUT2D eigenvalue weighted by molar-refractivity contribution is -0.136. The predicted octanol–water partition coefficient (Wildman–Crippen LogP) is 3.90. The average molecular weight is 513 g/mol. The Morgan fingerprint density at radius 1 is 0.972 bits per heavy atom. The van der Waals surface area contributed by atoms with Crippen LogP contribution in [0, 0.1) is 12.7 Å². The van der Waals surface area contributed by atoms with Crippen LogP contribution in [0.3, 0.4) is 0 Å². The van der Waals surface area contributed by atoms with Crippen molar-refractivity contribution in [1.29, 1.82) is 0 Å². The number of hydrazone groups is 1. The molecule has 3 rings (SSSR count). The van der Waals surface area contributed by atoms with Crippen LogP contribution in [0.4, 0.5) is 15.8 Å². The zero-order chi connectivity index (χ0) is 26.1. The Morgan fingerprint density at radius 3 is 2.47 bits per heavy atom. The van der Waals surface area contributed by atoms with Gasteiger partial charge in [-0.05, 0) is 60.5 Å². The van der Waals surface area contributed by atoms with Gasteiger partial charge in [-0.3, -0.25) is 14.4 Å². The molecule has 0 saturated carbocycles. The van der Waals surface area contributed by atoms with E-state index in [1.54, 1.807) is 43.3 Å². The molecule has 186 valence electrons. The van der Waals surface area contributed by atoms with Crippen molar-refractivity contribution < 1.29 is 28.2 Å². The molecule has 0 aliphatic carbocycles. The second-order valence-corrected chi connectivity index (χ2v) is 7.70. The largest absolute Gasteiger partial charge is 0.493 e. The minimum absolute atomic E-state index is 0.127. The lowest BCUT2D eigenvalue weighted by Gasteiger charge is -2.12. The monoisotopic (exact) mass is 512 g/mol. The summed E-state index contributed by atoms with van der Waals surface area (Å²) in [7, 11) is 1.42. The van der Waals surface area contributed by atoms with Crippen molar-refractivity contribution in [2.75, 3.05) is 24.4 Å². The Labute approximate surface area is 211 Å². The average Bonchev–Trinajstić information content (AvgIpc) is 2.87. The fourth-order valence-electron chi connectivity index (χ4n) is 2.91. The highest BCUT2D eigenvalue weighted by Crippen LogP contribution is 2.28. The predicted molar refractivity (Wildman–Crippen MR) is 134 cm³/mol. The number of benzene rings is 3. The zero-order valence-corrected chi connectivity index (χ0v) is 20.1. The van der Waals surface area contributed by atoms with Crippen molar-refractivity contribution in [3.05, 3.63) is 82.6 Å². The summed E-state index contributed by atoms with van der Waals surface area (Å²) >= 11 is 6.07. The summed E-state index contributed by atoms with van der Waals surface area (Å²) in [6, 6.07) is 15.4. The molecule has 3 amide bonds. The van der Waals surface area contributed by atoms with Crippen LogP contribution in [0.5, 0.6) is 11.5 Å². The number of halogens is 2. The topological polar surface area (TPSA) is 118 Å². The molecule has 0 saturated heterocycles. The SMILES string of the molecule is COc1cc(/C=N\NC(=O)C(=O)Nc2ccccc2F)ccc1OCC(=O)Nc1cccc(Cl)c1C. The highest BCUT2D eigenvalue weighted by molar-refractivity contribution is 6.39. The van der Waals surface area contributed by atoms with Gasteiger partial charge in [0, 0.05) is 10.7 Å². The number of nitrogens with zero attached hydrogens (tertiary/aromatic N) is 1. The van der Waals surface area contributed by atoms with E-state index in [4.69, 9.17) is 21.1 Å². The van der Waals surface area contributed by atoms with Gasteiger partial charge in [0.15, 0.2) is 18.1 Å². The first-order chi connectivity index (χ1) is 17.3. The number of ether oxygens (including phenoxy) is 2. The summed E-state index contributed by atoms with van der Waals surface area (Å²) in [6.45, 7) is 1.52. The molecule has 0 heterocycles. The Balaban J connectivity index is 1.54. The molecule has 0 radical (unpaired) electrons. The molecule has 0 aromatic heterocycles. The molecule has 0 aliphatic rings. The Kier molecular flexibility index (Phi) is 8.95. The van der Waals surface area contributed by atoms with Gasteiger partial charge in [0.1, 0.15) is 5.82 Å². The van der Waals surface area contributed by atoms with E-state index in [9.17, 15) is 18.8 Å². The van der Waals surface area contributed by atoms with E-state index in [1.807, 2.05) is 0 Å². The number of methoxy groups -OCH3 is 1. The molecular weight excluding hydrogens is 491 g/mol. The normalized spacial score (nSPS) is 10.6. The summed E-state index contributed by atoms with van der Waals surface area (Å²) in [6.07, 6.45) is 1.27. The third kappa shape index (κ3) is 7.03. The summed E-state index contributed by atoms with van der Waals surface area (Å²) in [5.74, 6) is -2.60. The number of amides is 3. The second-order valence-electron chi connectivity index (χ2n) is 7.29. The maximum absolute atomic E-state index is 13.6. The van der Waals surface area contributed by atoms with Crippen molar-refractivity contribution in [2.45, 2.75) is 6.92 Å². The molecule has 36 heavy (non-hydrogen) atoms. The van der Waals surface area contributed by atoms with Gasteiger partial charge in [-0.2, -0.15) is 5.10 Å². The number of hydrogen-bond acceptors (Lipinski definition) is 6. The van der Waals surface area contributed by atoms with Gasteiger partial charge in [-0.1, -0.05) is 29.8 Å². The summed E-state index contributed by atoms with van der Waals surface area (Å²) in [5, 5.41) is 9.14. The highest BCUT2D eigenvalue weighted by Gasteiger charge is 2.15. The molecule has 11 heteroatoms. The first-order valence-electron chi connectivity index (χ1n) is 10.5. The van der Waals surface area contributed by atoms with Crippen LogP contribution in [0.15, 0.2) is 65.8 Å². The third-order valence-corrected chi connectivity index (χ3v) is 5.21. The van der Waals surface area contributed by atoms with Crippen LogP contribution in [0.1, 0.15) is 11.1 Å². The van der Waals surface area contributed by atoms with Crippen molar-refractivity contribution in [3.63, 3.8) is 0 Å². The van der Waals surface area contributed by atoms with Crippen LogP contribution >= 0.6 is 11.6 Å². The van der Waals surface area contributed by atoms with Gasteiger partial charge in [0.2, 0.25) is 0 Å². The molecule has 0 bridgehead atoms. The number of para-hydroxylation sites is 1. The van der Waals surface area contributed by atoms with Crippen LogP contribution < -0.4 is 25.5 Å². The Morgan fingerprint density at radius 2 is 1.72 bits per heavy atom. The summed E-state index contributed by atoms with van der Waals surface area (Å²) in [4.78, 5) is 36.1.